The predicted octanol–water partition coefficient (Wildman–Crippen LogP) is 4.80. The fraction of sp³-hybridized carbons (Fsp3) is 0.319. The zero-order chi connectivity index (χ0) is 43.4. The quantitative estimate of drug-likeness (QED) is 0.151. The molecule has 0 spiro atoms. The number of benzene rings is 4. The second-order valence-corrected chi connectivity index (χ2v) is 16.7. The molecule has 4 aromatic carbocycles. The Kier molecular flexibility index (Phi) is 10.9. The third-order valence-electron chi connectivity index (χ3n) is 12.7. The van der Waals surface area contributed by atoms with Crippen LogP contribution >= 0.6 is 0 Å². The maximum atomic E-state index is 16.2. The van der Waals surface area contributed by atoms with Crippen molar-refractivity contribution in [3.05, 3.63) is 151 Å². The summed E-state index contributed by atoms with van der Waals surface area (Å²) < 4.78 is 70.5. The van der Waals surface area contributed by atoms with Gasteiger partial charge in [0.1, 0.15) is 40.8 Å². The van der Waals surface area contributed by atoms with Gasteiger partial charge in [-0.25, -0.2) is 22.2 Å². The summed E-state index contributed by atoms with van der Waals surface area (Å²) in [6, 6.07) is 18.8. The molecule has 0 amide bonds. The lowest BCUT2D eigenvalue weighted by molar-refractivity contribution is -0.782. The number of aryl methyl sites for hydroxylation is 1. The fourth-order valence-corrected chi connectivity index (χ4v) is 9.39. The van der Waals surface area contributed by atoms with Gasteiger partial charge in [0.2, 0.25) is 6.20 Å². The number of piperazine rings is 1. The lowest BCUT2D eigenvalue weighted by atomic mass is 10.1. The number of rotatable bonds is 10. The molecule has 12 nitrogen and oxygen atoms in total. The SMILES string of the molecule is Cn1c2cc(CN3CCNCC3)c(F)cc2c2c[n+](Cn3c4cc(CN5CCCNCC5)c(F)cc4c4cnn(Cc5ccccc5F)c(=O)c43)n(Cc3ccccc3F)c(=O)c21. The Morgan fingerprint density at radius 1 is 0.603 bits per heavy atom. The summed E-state index contributed by atoms with van der Waals surface area (Å²) in [6.45, 7) is 6.57. The highest BCUT2D eigenvalue weighted by atomic mass is 19.1. The monoisotopic (exact) mass is 859 g/mol. The lowest BCUT2D eigenvalue weighted by Crippen LogP contribution is -2.54. The highest BCUT2D eigenvalue weighted by molar-refractivity contribution is 6.08. The molecule has 0 unspecified atom stereocenters. The van der Waals surface area contributed by atoms with Crippen LogP contribution in [-0.4, -0.2) is 85.8 Å². The minimum absolute atomic E-state index is 0.158. The second kappa shape index (κ2) is 16.8. The van der Waals surface area contributed by atoms with Crippen LogP contribution in [0.2, 0.25) is 0 Å². The maximum Gasteiger partial charge on any atom is 0.325 e. The fourth-order valence-electron chi connectivity index (χ4n) is 9.39. The van der Waals surface area contributed by atoms with Crippen LogP contribution in [0.25, 0.3) is 43.6 Å². The molecule has 2 saturated heterocycles. The lowest BCUT2D eigenvalue weighted by Gasteiger charge is -2.27. The van der Waals surface area contributed by atoms with Crippen molar-refractivity contribution in [2.75, 3.05) is 52.4 Å². The van der Waals surface area contributed by atoms with Crippen LogP contribution in [0.3, 0.4) is 0 Å². The molecule has 2 fully saturated rings. The summed E-state index contributed by atoms with van der Waals surface area (Å²) in [5, 5.41) is 12.9. The van der Waals surface area contributed by atoms with Crippen LogP contribution in [0.15, 0.2) is 94.8 Å². The van der Waals surface area contributed by atoms with Crippen molar-refractivity contribution in [2.45, 2.75) is 39.3 Å². The van der Waals surface area contributed by atoms with E-state index in [0.717, 1.165) is 58.8 Å². The first-order valence-corrected chi connectivity index (χ1v) is 21.4. The Bertz CT molecular complexity index is 3180. The van der Waals surface area contributed by atoms with Gasteiger partial charge in [-0.15, -0.1) is 4.68 Å². The van der Waals surface area contributed by atoms with Crippen molar-refractivity contribution in [1.29, 1.82) is 0 Å². The first-order chi connectivity index (χ1) is 30.6. The molecule has 324 valence electrons. The first-order valence-electron chi connectivity index (χ1n) is 21.4. The number of hydrogen-bond donors (Lipinski definition) is 2. The van der Waals surface area contributed by atoms with E-state index in [1.165, 1.54) is 39.8 Å². The van der Waals surface area contributed by atoms with Crippen LogP contribution in [0.1, 0.15) is 28.7 Å². The van der Waals surface area contributed by atoms with Gasteiger partial charge in [0.25, 0.3) is 12.2 Å². The zero-order valence-electron chi connectivity index (χ0n) is 34.9. The van der Waals surface area contributed by atoms with E-state index < -0.39 is 34.4 Å². The summed E-state index contributed by atoms with van der Waals surface area (Å²) in [5.41, 5.74) is 2.07. The Labute approximate surface area is 359 Å². The van der Waals surface area contributed by atoms with E-state index >= 15 is 18.0 Å². The van der Waals surface area contributed by atoms with E-state index in [9.17, 15) is 9.18 Å². The molecule has 0 aliphatic carbocycles. The molecule has 16 heteroatoms. The van der Waals surface area contributed by atoms with Crippen molar-refractivity contribution >= 4 is 43.6 Å². The molecular weight excluding hydrogens is 813 g/mol. The van der Waals surface area contributed by atoms with Crippen molar-refractivity contribution in [3.63, 3.8) is 0 Å². The number of fused-ring (bicyclic) bond motifs is 6. The number of aromatic nitrogens is 6. The van der Waals surface area contributed by atoms with E-state index in [2.05, 4.69) is 25.5 Å². The van der Waals surface area contributed by atoms with Gasteiger partial charge in [-0.05, 0) is 55.9 Å². The average Bonchev–Trinajstić information content (AvgIpc) is 3.55. The molecule has 63 heavy (non-hydrogen) atoms. The Morgan fingerprint density at radius 3 is 1.86 bits per heavy atom. The molecule has 0 atom stereocenters. The summed E-state index contributed by atoms with van der Waals surface area (Å²) in [5.74, 6) is -1.83. The summed E-state index contributed by atoms with van der Waals surface area (Å²) >= 11 is 0. The van der Waals surface area contributed by atoms with Gasteiger partial charge in [-0.3, -0.25) is 24.0 Å². The second-order valence-electron chi connectivity index (χ2n) is 16.7. The summed E-state index contributed by atoms with van der Waals surface area (Å²) in [6.07, 6.45) is 4.13. The molecule has 8 aromatic rings. The van der Waals surface area contributed by atoms with Gasteiger partial charge in [0, 0.05) is 103 Å². The summed E-state index contributed by atoms with van der Waals surface area (Å²) in [4.78, 5) is 34.1. The van der Waals surface area contributed by atoms with Crippen LogP contribution in [-0.2, 0) is 39.9 Å². The summed E-state index contributed by atoms with van der Waals surface area (Å²) in [7, 11) is 1.77. The number of nitrogens with one attached hydrogen (secondary N) is 2. The van der Waals surface area contributed by atoms with E-state index in [-0.39, 0.29) is 36.4 Å². The molecule has 0 saturated carbocycles. The van der Waals surface area contributed by atoms with E-state index in [1.807, 2.05) is 0 Å². The zero-order valence-corrected chi connectivity index (χ0v) is 34.9. The third-order valence-corrected chi connectivity index (χ3v) is 12.7. The molecule has 6 heterocycles. The van der Waals surface area contributed by atoms with Crippen LogP contribution < -0.4 is 26.4 Å². The average molecular weight is 860 g/mol. The van der Waals surface area contributed by atoms with Gasteiger partial charge in [0.15, 0.2) is 0 Å². The first kappa shape index (κ1) is 40.8. The standard InChI is InChI=1S/C47H47F4N10O2/c1-55-42-19-32(25-57-17-13-53-14-18-57)41(51)22-35(42)37-28-58(61(47(63)44(37)55)27-31-8-3-5-10-39(31)49)29-59-43-20-33(24-56-15-6-11-52-12-16-56)40(50)21-34(43)36-23-54-60(46(62)45(36)59)26-30-7-2-4-9-38(30)48/h2-5,7-10,19-23,28,52-53H,6,11-18,24-27,29H2,1H3/q+1. The molecule has 0 bridgehead atoms. The Morgan fingerprint density at radius 2 is 1.19 bits per heavy atom. The number of halogens is 4. The molecule has 4 aromatic heterocycles. The van der Waals surface area contributed by atoms with Gasteiger partial charge in [-0.1, -0.05) is 41.1 Å². The third kappa shape index (κ3) is 7.60. The number of nitrogens with zero attached hydrogens (tertiary/aromatic N) is 8. The van der Waals surface area contributed by atoms with Crippen molar-refractivity contribution < 1.29 is 22.2 Å². The molecule has 2 N–H and O–H groups in total. The minimum Gasteiger partial charge on any atom is -0.339 e. The number of hydrogen-bond acceptors (Lipinski definition) is 7. The normalized spacial score (nSPS) is 15.6. The van der Waals surface area contributed by atoms with Crippen molar-refractivity contribution in [3.8, 4) is 0 Å². The minimum atomic E-state index is -0.554. The van der Waals surface area contributed by atoms with Crippen molar-refractivity contribution in [2.24, 2.45) is 7.05 Å². The van der Waals surface area contributed by atoms with E-state index in [4.69, 9.17) is 0 Å². The molecule has 0 radical (unpaired) electrons. The topological polar surface area (TPSA) is 101 Å². The predicted molar refractivity (Wildman–Crippen MR) is 234 cm³/mol. The van der Waals surface area contributed by atoms with Crippen LogP contribution in [0.5, 0.6) is 0 Å². The highest BCUT2D eigenvalue weighted by Crippen LogP contribution is 2.31. The molecule has 10 rings (SSSR count). The largest absolute Gasteiger partial charge is 0.339 e. The molecule has 2 aliphatic rings. The Hall–Kier alpha value is -6.20. The van der Waals surface area contributed by atoms with Gasteiger partial charge >= 0.3 is 5.56 Å². The van der Waals surface area contributed by atoms with Gasteiger partial charge < -0.3 is 15.2 Å². The maximum absolute atomic E-state index is 16.2. The smallest absolute Gasteiger partial charge is 0.325 e. The van der Waals surface area contributed by atoms with E-state index in [0.29, 0.717) is 62.3 Å². The molecule has 2 aliphatic heterocycles. The van der Waals surface area contributed by atoms with Crippen molar-refractivity contribution in [1.82, 2.24) is 44.0 Å². The van der Waals surface area contributed by atoms with E-state index in [1.54, 1.807) is 75.6 Å². The Balaban J connectivity index is 1.19. The van der Waals surface area contributed by atoms with Crippen LogP contribution in [0.4, 0.5) is 17.6 Å². The highest BCUT2D eigenvalue weighted by Gasteiger charge is 2.28. The molecular formula is C47H47F4N10O2+. The van der Waals surface area contributed by atoms with Gasteiger partial charge in [-0.2, -0.15) is 5.10 Å². The van der Waals surface area contributed by atoms with Gasteiger partial charge in [0.05, 0.1) is 23.6 Å². The van der Waals surface area contributed by atoms with Crippen LogP contribution in [0, 0.1) is 23.3 Å².